The summed E-state index contributed by atoms with van der Waals surface area (Å²) in [5.41, 5.74) is 0.989. The van der Waals surface area contributed by atoms with E-state index in [0.29, 0.717) is 18.4 Å². The second kappa shape index (κ2) is 13.0. The van der Waals surface area contributed by atoms with Gasteiger partial charge in [0.15, 0.2) is 5.96 Å². The fraction of sp³-hybridized carbons (Fsp3) is 0.588. The van der Waals surface area contributed by atoms with Crippen LogP contribution in [0.1, 0.15) is 26.5 Å². The average Bonchev–Trinajstić information content (AvgIpc) is 2.55. The Morgan fingerprint density at radius 2 is 2.08 bits per heavy atom. The van der Waals surface area contributed by atoms with Gasteiger partial charge in [-0.3, -0.25) is 9.78 Å². The predicted octanol–water partition coefficient (Wildman–Crippen LogP) is 1.91. The number of hydrogen-bond acceptors (Lipinski definition) is 3. The number of aliphatic imine (C=N–C) groups is 1. The van der Waals surface area contributed by atoms with Gasteiger partial charge in [0.05, 0.1) is 0 Å². The Morgan fingerprint density at radius 3 is 2.67 bits per heavy atom. The summed E-state index contributed by atoms with van der Waals surface area (Å²) in [6, 6.07) is 5.81. The molecule has 1 amide bonds. The number of hydrogen-bond donors (Lipinski definition) is 2. The molecule has 0 aliphatic heterocycles. The molecule has 0 aliphatic rings. The molecule has 1 rings (SSSR count). The molecule has 0 aromatic carbocycles. The van der Waals surface area contributed by atoms with Crippen LogP contribution < -0.4 is 10.6 Å². The minimum Gasteiger partial charge on any atom is -0.357 e. The maximum absolute atomic E-state index is 12.2. The Bertz CT molecular complexity index is 493. The molecule has 0 bridgehead atoms. The topological polar surface area (TPSA) is 69.6 Å². The number of halogens is 1. The molecule has 1 aromatic rings. The number of rotatable bonds is 8. The minimum atomic E-state index is 0. The highest BCUT2D eigenvalue weighted by atomic mass is 127. The quantitative estimate of drug-likeness (QED) is 0.363. The highest BCUT2D eigenvalue weighted by Crippen LogP contribution is 1.97. The Balaban J connectivity index is 0.00000529. The molecule has 0 fully saturated rings. The number of nitrogens with zero attached hydrogens (tertiary/aromatic N) is 3. The molecule has 0 atom stereocenters. The summed E-state index contributed by atoms with van der Waals surface area (Å²) in [7, 11) is 1.80. The Kier molecular flexibility index (Phi) is 12.2. The van der Waals surface area contributed by atoms with E-state index in [0.717, 1.165) is 25.2 Å². The van der Waals surface area contributed by atoms with Gasteiger partial charge in [-0.05, 0) is 25.0 Å². The molecular formula is C17H30IN5O. The maximum Gasteiger partial charge on any atom is 0.244 e. The van der Waals surface area contributed by atoms with Crippen LogP contribution in [0, 0.1) is 5.92 Å². The SMILES string of the molecule is CCNC(=NCC(=O)N(C)CCc1ccccn1)NCC(C)C.I. The van der Waals surface area contributed by atoms with E-state index in [-0.39, 0.29) is 36.4 Å². The van der Waals surface area contributed by atoms with Gasteiger partial charge in [0.25, 0.3) is 0 Å². The third-order valence-electron chi connectivity index (χ3n) is 3.25. The number of likely N-dealkylation sites (N-methyl/N-ethyl adjacent to an activating group) is 1. The lowest BCUT2D eigenvalue weighted by atomic mass is 10.2. The molecule has 0 saturated carbocycles. The van der Waals surface area contributed by atoms with Gasteiger partial charge >= 0.3 is 0 Å². The Morgan fingerprint density at radius 1 is 1.33 bits per heavy atom. The van der Waals surface area contributed by atoms with E-state index in [1.807, 2.05) is 25.1 Å². The lowest BCUT2D eigenvalue weighted by Crippen LogP contribution is -2.40. The Hall–Kier alpha value is -1.38. The van der Waals surface area contributed by atoms with Crippen molar-refractivity contribution in [1.82, 2.24) is 20.5 Å². The van der Waals surface area contributed by atoms with Gasteiger partial charge in [-0.2, -0.15) is 0 Å². The van der Waals surface area contributed by atoms with Crippen molar-refractivity contribution in [2.75, 3.05) is 33.2 Å². The highest BCUT2D eigenvalue weighted by Gasteiger charge is 2.09. The van der Waals surface area contributed by atoms with Crippen molar-refractivity contribution in [1.29, 1.82) is 0 Å². The van der Waals surface area contributed by atoms with Crippen LogP contribution in [0.2, 0.25) is 0 Å². The van der Waals surface area contributed by atoms with Gasteiger partial charge in [-0.15, -0.1) is 24.0 Å². The van der Waals surface area contributed by atoms with Crippen LogP contribution in [-0.4, -0.2) is 55.0 Å². The standard InChI is InChI=1S/C17H29N5O.HI/c1-5-18-17(20-12-14(2)3)21-13-16(23)22(4)11-9-15-8-6-7-10-19-15;/h6-8,10,14H,5,9,11-13H2,1-4H3,(H2,18,20,21);1H. The Labute approximate surface area is 162 Å². The molecule has 0 saturated heterocycles. The van der Waals surface area contributed by atoms with Crippen LogP contribution in [0.25, 0.3) is 0 Å². The van der Waals surface area contributed by atoms with Crippen LogP contribution in [0.15, 0.2) is 29.4 Å². The molecule has 24 heavy (non-hydrogen) atoms. The first-order chi connectivity index (χ1) is 11.0. The van der Waals surface area contributed by atoms with Crippen molar-refractivity contribution in [3.63, 3.8) is 0 Å². The summed E-state index contributed by atoms with van der Waals surface area (Å²) < 4.78 is 0. The zero-order valence-corrected chi connectivity index (χ0v) is 17.4. The summed E-state index contributed by atoms with van der Waals surface area (Å²) in [4.78, 5) is 22.5. The van der Waals surface area contributed by atoms with E-state index in [4.69, 9.17) is 0 Å². The first-order valence-electron chi connectivity index (χ1n) is 8.19. The second-order valence-corrected chi connectivity index (χ2v) is 5.86. The summed E-state index contributed by atoms with van der Waals surface area (Å²) >= 11 is 0. The molecule has 0 aliphatic carbocycles. The van der Waals surface area contributed by atoms with Gasteiger partial charge in [0, 0.05) is 45.0 Å². The average molecular weight is 447 g/mol. The molecule has 2 N–H and O–H groups in total. The molecule has 0 spiro atoms. The monoisotopic (exact) mass is 447 g/mol. The number of amides is 1. The van der Waals surface area contributed by atoms with E-state index in [9.17, 15) is 4.79 Å². The van der Waals surface area contributed by atoms with E-state index < -0.39 is 0 Å². The molecular weight excluding hydrogens is 417 g/mol. The van der Waals surface area contributed by atoms with Gasteiger partial charge in [-0.25, -0.2) is 4.99 Å². The molecule has 7 heteroatoms. The lowest BCUT2D eigenvalue weighted by molar-refractivity contribution is -0.128. The van der Waals surface area contributed by atoms with Gasteiger partial charge in [0.2, 0.25) is 5.91 Å². The van der Waals surface area contributed by atoms with Crippen LogP contribution in [0.5, 0.6) is 0 Å². The lowest BCUT2D eigenvalue weighted by Gasteiger charge is -2.17. The van der Waals surface area contributed by atoms with Crippen molar-refractivity contribution in [3.8, 4) is 0 Å². The van der Waals surface area contributed by atoms with E-state index >= 15 is 0 Å². The summed E-state index contributed by atoms with van der Waals surface area (Å²) in [5, 5.41) is 6.38. The van der Waals surface area contributed by atoms with E-state index in [1.54, 1.807) is 18.1 Å². The number of aromatic nitrogens is 1. The number of carbonyl (C=O) groups is 1. The van der Waals surface area contributed by atoms with Crippen LogP contribution in [0.4, 0.5) is 0 Å². The van der Waals surface area contributed by atoms with Crippen molar-refractivity contribution in [2.45, 2.75) is 27.2 Å². The molecule has 6 nitrogen and oxygen atoms in total. The number of guanidine groups is 1. The first-order valence-corrected chi connectivity index (χ1v) is 8.19. The second-order valence-electron chi connectivity index (χ2n) is 5.86. The van der Waals surface area contributed by atoms with E-state index in [2.05, 4.69) is 34.5 Å². The van der Waals surface area contributed by atoms with Crippen LogP contribution in [0.3, 0.4) is 0 Å². The third kappa shape index (κ3) is 9.69. The smallest absolute Gasteiger partial charge is 0.244 e. The zero-order chi connectivity index (χ0) is 17.1. The summed E-state index contributed by atoms with van der Waals surface area (Å²) in [5.74, 6) is 1.21. The molecule has 0 unspecified atom stereocenters. The van der Waals surface area contributed by atoms with Crippen LogP contribution in [-0.2, 0) is 11.2 Å². The van der Waals surface area contributed by atoms with Crippen molar-refractivity contribution in [3.05, 3.63) is 30.1 Å². The molecule has 1 aromatic heterocycles. The van der Waals surface area contributed by atoms with Crippen molar-refractivity contribution < 1.29 is 4.79 Å². The van der Waals surface area contributed by atoms with Gasteiger partial charge in [0.1, 0.15) is 6.54 Å². The van der Waals surface area contributed by atoms with E-state index in [1.165, 1.54) is 0 Å². The van der Waals surface area contributed by atoms with Crippen molar-refractivity contribution in [2.24, 2.45) is 10.9 Å². The third-order valence-corrected chi connectivity index (χ3v) is 3.25. The molecule has 1 heterocycles. The molecule has 136 valence electrons. The van der Waals surface area contributed by atoms with Crippen LogP contribution >= 0.6 is 24.0 Å². The fourth-order valence-electron chi connectivity index (χ4n) is 1.86. The summed E-state index contributed by atoms with van der Waals surface area (Å²) in [6.07, 6.45) is 2.52. The highest BCUT2D eigenvalue weighted by molar-refractivity contribution is 14.0. The zero-order valence-electron chi connectivity index (χ0n) is 15.1. The van der Waals surface area contributed by atoms with Crippen molar-refractivity contribution >= 4 is 35.8 Å². The summed E-state index contributed by atoms with van der Waals surface area (Å²) in [6.45, 7) is 8.66. The normalized spacial score (nSPS) is 11.0. The maximum atomic E-state index is 12.2. The minimum absolute atomic E-state index is 0. The van der Waals surface area contributed by atoms with Gasteiger partial charge in [-0.1, -0.05) is 19.9 Å². The van der Waals surface area contributed by atoms with Gasteiger partial charge < -0.3 is 15.5 Å². The number of nitrogens with one attached hydrogen (secondary N) is 2. The fourth-order valence-corrected chi connectivity index (χ4v) is 1.86. The first kappa shape index (κ1) is 22.6. The number of carbonyl (C=O) groups excluding carboxylic acids is 1. The largest absolute Gasteiger partial charge is 0.357 e. The molecule has 0 radical (unpaired) electrons. The predicted molar refractivity (Wildman–Crippen MR) is 110 cm³/mol. The number of pyridine rings is 1.